The van der Waals surface area contributed by atoms with Crippen LogP contribution in [0, 0.1) is 6.92 Å². The van der Waals surface area contributed by atoms with E-state index in [0.29, 0.717) is 0 Å². The van der Waals surface area contributed by atoms with Crippen molar-refractivity contribution >= 4 is 35.6 Å². The third-order valence-electron chi connectivity index (χ3n) is 4.80. The number of methoxy groups -OCH3 is 1. The average Bonchev–Trinajstić information content (AvgIpc) is 2.69. The fourth-order valence-electron chi connectivity index (χ4n) is 3.31. The SMILES string of the molecule is CCNC(=NCCCOC)NCCCN1CCN(c2cccc(C)c2)CC1.I. The molecule has 1 aromatic rings. The molecular weight excluding hydrogens is 465 g/mol. The van der Waals surface area contributed by atoms with Crippen molar-refractivity contribution in [1.82, 2.24) is 15.5 Å². The largest absolute Gasteiger partial charge is 0.385 e. The van der Waals surface area contributed by atoms with Crippen molar-refractivity contribution in [2.45, 2.75) is 26.7 Å². The van der Waals surface area contributed by atoms with Crippen LogP contribution in [0.2, 0.25) is 0 Å². The van der Waals surface area contributed by atoms with Crippen LogP contribution in [0.25, 0.3) is 0 Å². The summed E-state index contributed by atoms with van der Waals surface area (Å²) in [6, 6.07) is 8.82. The van der Waals surface area contributed by atoms with Crippen molar-refractivity contribution in [2.24, 2.45) is 4.99 Å². The van der Waals surface area contributed by atoms with E-state index in [-0.39, 0.29) is 24.0 Å². The first-order chi connectivity index (χ1) is 13.2. The van der Waals surface area contributed by atoms with Crippen LogP contribution >= 0.6 is 24.0 Å². The van der Waals surface area contributed by atoms with Gasteiger partial charge in [0.1, 0.15) is 0 Å². The molecule has 1 saturated heterocycles. The number of piperazine rings is 1. The molecule has 160 valence electrons. The number of aryl methyl sites for hydroxylation is 1. The van der Waals surface area contributed by atoms with Crippen LogP contribution in [0.1, 0.15) is 25.3 Å². The molecule has 1 aliphatic rings. The Labute approximate surface area is 188 Å². The van der Waals surface area contributed by atoms with Gasteiger partial charge in [0.25, 0.3) is 0 Å². The molecule has 0 bridgehead atoms. The summed E-state index contributed by atoms with van der Waals surface area (Å²) in [4.78, 5) is 9.64. The quantitative estimate of drug-likeness (QED) is 0.223. The summed E-state index contributed by atoms with van der Waals surface area (Å²) in [5.74, 6) is 0.915. The molecule has 1 fully saturated rings. The zero-order valence-corrected chi connectivity index (χ0v) is 20.1. The molecule has 1 aromatic carbocycles. The molecule has 0 atom stereocenters. The Morgan fingerprint density at radius 2 is 1.93 bits per heavy atom. The lowest BCUT2D eigenvalue weighted by Crippen LogP contribution is -2.47. The van der Waals surface area contributed by atoms with Crippen LogP contribution < -0.4 is 15.5 Å². The second kappa shape index (κ2) is 14.9. The fraction of sp³-hybridized carbons (Fsp3) is 0.667. The Morgan fingerprint density at radius 3 is 2.61 bits per heavy atom. The highest BCUT2D eigenvalue weighted by molar-refractivity contribution is 14.0. The van der Waals surface area contributed by atoms with Crippen LogP contribution in [0.5, 0.6) is 0 Å². The number of aliphatic imine (C=N–C) groups is 1. The predicted molar refractivity (Wildman–Crippen MR) is 130 cm³/mol. The minimum Gasteiger partial charge on any atom is -0.385 e. The van der Waals surface area contributed by atoms with E-state index in [0.717, 1.165) is 77.8 Å². The number of hydrogen-bond donors (Lipinski definition) is 2. The van der Waals surface area contributed by atoms with Crippen LogP contribution in [0.3, 0.4) is 0 Å². The number of ether oxygens (including phenoxy) is 1. The smallest absolute Gasteiger partial charge is 0.191 e. The molecule has 2 N–H and O–H groups in total. The Morgan fingerprint density at radius 1 is 1.14 bits per heavy atom. The first kappa shape index (κ1) is 25.0. The Balaban J connectivity index is 0.00000392. The highest BCUT2D eigenvalue weighted by Gasteiger charge is 2.16. The summed E-state index contributed by atoms with van der Waals surface area (Å²) >= 11 is 0. The van der Waals surface area contributed by atoms with Gasteiger partial charge in [-0.15, -0.1) is 24.0 Å². The van der Waals surface area contributed by atoms with E-state index in [4.69, 9.17) is 4.74 Å². The Hall–Kier alpha value is -1.06. The number of rotatable bonds is 10. The van der Waals surface area contributed by atoms with Gasteiger partial charge in [-0.3, -0.25) is 9.89 Å². The van der Waals surface area contributed by atoms with Crippen LogP contribution in [0.4, 0.5) is 5.69 Å². The first-order valence-corrected chi connectivity index (χ1v) is 10.3. The molecular formula is C21H38IN5O. The van der Waals surface area contributed by atoms with Gasteiger partial charge >= 0.3 is 0 Å². The first-order valence-electron chi connectivity index (χ1n) is 10.3. The molecule has 0 amide bonds. The van der Waals surface area contributed by atoms with Gasteiger partial charge in [-0.25, -0.2) is 0 Å². The zero-order chi connectivity index (χ0) is 19.3. The number of hydrogen-bond acceptors (Lipinski definition) is 4. The Bertz CT molecular complexity index is 561. The van der Waals surface area contributed by atoms with Gasteiger partial charge in [-0.2, -0.15) is 0 Å². The van der Waals surface area contributed by atoms with Gasteiger partial charge in [-0.1, -0.05) is 12.1 Å². The summed E-state index contributed by atoms with van der Waals surface area (Å²) in [5, 5.41) is 6.74. The maximum Gasteiger partial charge on any atom is 0.191 e. The minimum absolute atomic E-state index is 0. The van der Waals surface area contributed by atoms with Crippen LogP contribution in [-0.4, -0.2) is 76.9 Å². The van der Waals surface area contributed by atoms with Gasteiger partial charge < -0.3 is 20.3 Å². The lowest BCUT2D eigenvalue weighted by molar-refractivity contribution is 0.197. The normalized spacial score (nSPS) is 15.2. The molecule has 0 saturated carbocycles. The maximum absolute atomic E-state index is 5.07. The molecule has 28 heavy (non-hydrogen) atoms. The topological polar surface area (TPSA) is 52.1 Å². The van der Waals surface area contributed by atoms with Crippen molar-refractivity contribution in [3.8, 4) is 0 Å². The zero-order valence-electron chi connectivity index (χ0n) is 17.7. The van der Waals surface area contributed by atoms with E-state index in [9.17, 15) is 0 Å². The van der Waals surface area contributed by atoms with Gasteiger partial charge in [-0.05, 0) is 50.9 Å². The number of nitrogens with zero attached hydrogens (tertiary/aromatic N) is 3. The van der Waals surface area contributed by atoms with Gasteiger partial charge in [0.15, 0.2) is 5.96 Å². The molecule has 2 rings (SSSR count). The molecule has 6 nitrogen and oxygen atoms in total. The maximum atomic E-state index is 5.07. The molecule has 1 aliphatic heterocycles. The van der Waals surface area contributed by atoms with E-state index in [1.54, 1.807) is 7.11 Å². The van der Waals surface area contributed by atoms with Crippen molar-refractivity contribution in [1.29, 1.82) is 0 Å². The lowest BCUT2D eigenvalue weighted by atomic mass is 10.2. The van der Waals surface area contributed by atoms with Crippen LogP contribution in [-0.2, 0) is 4.74 Å². The molecule has 0 spiro atoms. The second-order valence-corrected chi connectivity index (χ2v) is 7.06. The van der Waals surface area contributed by atoms with Crippen LogP contribution in [0.15, 0.2) is 29.3 Å². The van der Waals surface area contributed by atoms with E-state index < -0.39 is 0 Å². The summed E-state index contributed by atoms with van der Waals surface area (Å²) in [7, 11) is 1.73. The lowest BCUT2D eigenvalue weighted by Gasteiger charge is -2.36. The third-order valence-corrected chi connectivity index (χ3v) is 4.80. The van der Waals surface area contributed by atoms with E-state index in [1.165, 1.54) is 11.3 Å². The number of guanidine groups is 1. The summed E-state index contributed by atoms with van der Waals surface area (Å²) in [6.45, 7) is 13.3. The predicted octanol–water partition coefficient (Wildman–Crippen LogP) is 2.72. The molecule has 0 aliphatic carbocycles. The highest BCUT2D eigenvalue weighted by Crippen LogP contribution is 2.17. The van der Waals surface area contributed by atoms with Crippen molar-refractivity contribution in [3.63, 3.8) is 0 Å². The molecule has 0 unspecified atom stereocenters. The van der Waals surface area contributed by atoms with Gasteiger partial charge in [0.2, 0.25) is 0 Å². The molecule has 0 aromatic heterocycles. The van der Waals surface area contributed by atoms with E-state index >= 15 is 0 Å². The second-order valence-electron chi connectivity index (χ2n) is 7.06. The van der Waals surface area contributed by atoms with Crippen molar-refractivity contribution < 1.29 is 4.74 Å². The number of benzene rings is 1. The number of nitrogens with one attached hydrogen (secondary N) is 2. The third kappa shape index (κ3) is 9.43. The minimum atomic E-state index is 0. The van der Waals surface area contributed by atoms with Crippen molar-refractivity contribution in [2.75, 3.05) is 71.0 Å². The highest BCUT2D eigenvalue weighted by atomic mass is 127. The Kier molecular flexibility index (Phi) is 13.3. The molecule has 7 heteroatoms. The summed E-state index contributed by atoms with van der Waals surface area (Å²) in [6.07, 6.45) is 2.09. The van der Waals surface area contributed by atoms with E-state index in [2.05, 4.69) is 63.5 Å². The van der Waals surface area contributed by atoms with E-state index in [1.807, 2.05) is 0 Å². The standard InChI is InChI=1S/C21H37N5O.HI/c1-4-22-21(24-11-7-17-27-3)23-10-6-12-25-13-15-26(16-14-25)20-9-5-8-19(2)18-20;/h5,8-9,18H,4,6-7,10-17H2,1-3H3,(H2,22,23,24);1H. The van der Waals surface area contributed by atoms with Crippen molar-refractivity contribution in [3.05, 3.63) is 29.8 Å². The average molecular weight is 503 g/mol. The summed E-state index contributed by atoms with van der Waals surface area (Å²) in [5.41, 5.74) is 2.69. The fourth-order valence-corrected chi connectivity index (χ4v) is 3.31. The number of anilines is 1. The number of halogens is 1. The molecule has 0 radical (unpaired) electrons. The van der Waals surface area contributed by atoms with Gasteiger partial charge in [0, 0.05) is 65.2 Å². The molecule has 1 heterocycles. The monoisotopic (exact) mass is 503 g/mol. The summed E-state index contributed by atoms with van der Waals surface area (Å²) < 4.78 is 5.07. The van der Waals surface area contributed by atoms with Gasteiger partial charge in [0.05, 0.1) is 0 Å².